The van der Waals surface area contributed by atoms with Gasteiger partial charge in [-0.2, -0.15) is 5.26 Å². The number of hydrogen-bond donors (Lipinski definition) is 0. The van der Waals surface area contributed by atoms with Gasteiger partial charge in [0, 0.05) is 38.8 Å². The molecule has 152 valence electrons. The first-order valence-corrected chi connectivity index (χ1v) is 8.62. The molecule has 3 rings (SSSR count). The number of piperazine rings is 1. The number of ether oxygens (including phenoxy) is 1. The molecule has 0 atom stereocenters. The van der Waals surface area contributed by atoms with E-state index in [1.807, 2.05) is 11.0 Å². The average molecular weight is 407 g/mol. The highest BCUT2D eigenvalue weighted by atomic mass is 19.4. The van der Waals surface area contributed by atoms with Crippen LogP contribution < -0.4 is 9.64 Å². The number of hydrogen-bond acceptors (Lipinski definition) is 7. The Morgan fingerprint density at radius 2 is 1.86 bits per heavy atom. The summed E-state index contributed by atoms with van der Waals surface area (Å²) in [7, 11) is 0. The molecule has 0 spiro atoms. The number of halogens is 3. The molecule has 29 heavy (non-hydrogen) atoms. The van der Waals surface area contributed by atoms with E-state index >= 15 is 0 Å². The van der Waals surface area contributed by atoms with Crippen LogP contribution in [0.15, 0.2) is 36.5 Å². The Morgan fingerprint density at radius 1 is 1.21 bits per heavy atom. The molecule has 1 fully saturated rings. The maximum absolute atomic E-state index is 12.2. The Morgan fingerprint density at radius 3 is 2.41 bits per heavy atom. The summed E-state index contributed by atoms with van der Waals surface area (Å²) in [5.41, 5.74) is 0.758. The van der Waals surface area contributed by atoms with Crippen molar-refractivity contribution in [3.63, 3.8) is 0 Å². The number of nitro groups is 1. The zero-order valence-corrected chi connectivity index (χ0v) is 15.1. The molecule has 1 saturated heterocycles. The summed E-state index contributed by atoms with van der Waals surface area (Å²) in [5, 5.41) is 20.1. The lowest BCUT2D eigenvalue weighted by molar-refractivity contribution is -0.385. The monoisotopic (exact) mass is 407 g/mol. The Balaban J connectivity index is 1.58. The largest absolute Gasteiger partial charge is 0.573 e. The van der Waals surface area contributed by atoms with Crippen LogP contribution in [-0.4, -0.2) is 47.3 Å². The van der Waals surface area contributed by atoms with Gasteiger partial charge in [-0.15, -0.1) is 13.2 Å². The normalized spacial score (nSPS) is 15.0. The van der Waals surface area contributed by atoms with E-state index in [9.17, 15) is 28.5 Å². The lowest BCUT2D eigenvalue weighted by atomic mass is 10.1. The van der Waals surface area contributed by atoms with Crippen LogP contribution in [0.3, 0.4) is 0 Å². The molecule has 11 heteroatoms. The van der Waals surface area contributed by atoms with Crippen molar-refractivity contribution in [2.45, 2.75) is 12.9 Å². The van der Waals surface area contributed by atoms with Crippen molar-refractivity contribution in [1.82, 2.24) is 9.88 Å². The molecule has 0 amide bonds. The van der Waals surface area contributed by atoms with Gasteiger partial charge >= 0.3 is 6.36 Å². The van der Waals surface area contributed by atoms with Crippen LogP contribution in [-0.2, 0) is 6.54 Å². The first-order chi connectivity index (χ1) is 13.7. The SMILES string of the molecule is N#Cc1cc([N+](=O)[O-])cnc1N1CCN(Cc2ccc(OC(F)(F)F)cc2)CC1. The summed E-state index contributed by atoms with van der Waals surface area (Å²) in [6, 6.07) is 8.87. The molecule has 1 aliphatic heterocycles. The van der Waals surface area contributed by atoms with Gasteiger partial charge in [0.05, 0.1) is 4.92 Å². The van der Waals surface area contributed by atoms with E-state index in [0.29, 0.717) is 38.5 Å². The molecule has 0 N–H and O–H groups in total. The van der Waals surface area contributed by atoms with Gasteiger partial charge in [0.1, 0.15) is 29.4 Å². The van der Waals surface area contributed by atoms with E-state index in [1.54, 1.807) is 12.1 Å². The molecule has 8 nitrogen and oxygen atoms in total. The Hall–Kier alpha value is -3.39. The van der Waals surface area contributed by atoms with Crippen molar-refractivity contribution in [1.29, 1.82) is 5.26 Å². The molecule has 2 heterocycles. The molecular weight excluding hydrogens is 391 g/mol. The van der Waals surface area contributed by atoms with Crippen LogP contribution in [0.25, 0.3) is 0 Å². The van der Waals surface area contributed by atoms with Gasteiger partial charge in [-0.3, -0.25) is 15.0 Å². The van der Waals surface area contributed by atoms with E-state index in [-0.39, 0.29) is 17.0 Å². The van der Waals surface area contributed by atoms with Crippen molar-refractivity contribution >= 4 is 11.5 Å². The summed E-state index contributed by atoms with van der Waals surface area (Å²) in [6.45, 7) is 2.97. The summed E-state index contributed by atoms with van der Waals surface area (Å²) in [4.78, 5) is 18.3. The fourth-order valence-electron chi connectivity index (χ4n) is 3.05. The average Bonchev–Trinajstić information content (AvgIpc) is 2.68. The van der Waals surface area contributed by atoms with Gasteiger partial charge in [-0.1, -0.05) is 12.1 Å². The molecule has 0 saturated carbocycles. The highest BCUT2D eigenvalue weighted by molar-refractivity contribution is 5.57. The van der Waals surface area contributed by atoms with Crippen LogP contribution >= 0.6 is 0 Å². The first kappa shape index (κ1) is 20.3. The van der Waals surface area contributed by atoms with Crippen LogP contribution in [0, 0.1) is 21.4 Å². The minimum absolute atomic E-state index is 0.146. The lowest BCUT2D eigenvalue weighted by Crippen LogP contribution is -2.46. The van der Waals surface area contributed by atoms with Crippen LogP contribution in [0.4, 0.5) is 24.7 Å². The molecule has 0 bridgehead atoms. The highest BCUT2D eigenvalue weighted by Gasteiger charge is 2.31. The van der Waals surface area contributed by atoms with Gasteiger partial charge in [0.2, 0.25) is 0 Å². The minimum atomic E-state index is -4.72. The minimum Gasteiger partial charge on any atom is -0.406 e. The number of nitrogens with zero attached hydrogens (tertiary/aromatic N) is 5. The predicted molar refractivity (Wildman–Crippen MR) is 96.2 cm³/mol. The Kier molecular flexibility index (Phi) is 5.84. The van der Waals surface area contributed by atoms with E-state index in [2.05, 4.69) is 14.6 Å². The number of pyridine rings is 1. The summed E-state index contributed by atoms with van der Waals surface area (Å²) >= 11 is 0. The smallest absolute Gasteiger partial charge is 0.406 e. The van der Waals surface area contributed by atoms with Crippen LogP contribution in [0.1, 0.15) is 11.1 Å². The third kappa shape index (κ3) is 5.32. The van der Waals surface area contributed by atoms with Gasteiger partial charge < -0.3 is 9.64 Å². The molecule has 1 aromatic heterocycles. The number of nitriles is 1. The second-order valence-electron chi connectivity index (χ2n) is 6.39. The second kappa shape index (κ2) is 8.32. The highest BCUT2D eigenvalue weighted by Crippen LogP contribution is 2.25. The Bertz CT molecular complexity index is 920. The molecule has 0 aliphatic carbocycles. The number of rotatable bonds is 5. The van der Waals surface area contributed by atoms with Crippen molar-refractivity contribution in [2.24, 2.45) is 0 Å². The van der Waals surface area contributed by atoms with E-state index in [1.165, 1.54) is 18.2 Å². The third-order valence-corrected chi connectivity index (χ3v) is 4.42. The van der Waals surface area contributed by atoms with Crippen molar-refractivity contribution < 1.29 is 22.8 Å². The topological polar surface area (TPSA) is 95.5 Å². The molecular formula is C18H16F3N5O3. The van der Waals surface area contributed by atoms with Crippen LogP contribution in [0.5, 0.6) is 5.75 Å². The van der Waals surface area contributed by atoms with Crippen LogP contribution in [0.2, 0.25) is 0 Å². The quantitative estimate of drug-likeness (QED) is 0.555. The zero-order chi connectivity index (χ0) is 21.0. The number of anilines is 1. The summed E-state index contributed by atoms with van der Waals surface area (Å²) < 4.78 is 40.5. The predicted octanol–water partition coefficient (Wildman–Crippen LogP) is 3.08. The number of alkyl halides is 3. The van der Waals surface area contributed by atoms with Crippen molar-refractivity contribution in [3.8, 4) is 11.8 Å². The number of aromatic nitrogens is 1. The fourth-order valence-corrected chi connectivity index (χ4v) is 3.05. The Labute approximate surface area is 163 Å². The lowest BCUT2D eigenvalue weighted by Gasteiger charge is -2.35. The fraction of sp³-hybridized carbons (Fsp3) is 0.333. The number of benzene rings is 1. The van der Waals surface area contributed by atoms with Gasteiger partial charge in [0.25, 0.3) is 5.69 Å². The summed E-state index contributed by atoms with van der Waals surface area (Å²) in [5.74, 6) is 0.144. The molecule has 1 aliphatic rings. The third-order valence-electron chi connectivity index (χ3n) is 4.42. The van der Waals surface area contributed by atoms with Crippen molar-refractivity contribution in [2.75, 3.05) is 31.1 Å². The van der Waals surface area contributed by atoms with Gasteiger partial charge in [-0.25, -0.2) is 4.98 Å². The van der Waals surface area contributed by atoms with E-state index in [4.69, 9.17) is 0 Å². The molecule has 0 unspecified atom stereocenters. The standard InChI is InChI=1S/C18H16F3N5O3/c19-18(20,21)29-16-3-1-13(2-4-16)12-24-5-7-25(8-6-24)17-14(10-22)9-15(11-23-17)26(27)28/h1-4,9,11H,5-8,12H2. The second-order valence-corrected chi connectivity index (χ2v) is 6.39. The zero-order valence-electron chi connectivity index (χ0n) is 15.1. The van der Waals surface area contributed by atoms with Gasteiger partial charge in [-0.05, 0) is 17.7 Å². The first-order valence-electron chi connectivity index (χ1n) is 8.62. The van der Waals surface area contributed by atoms with E-state index in [0.717, 1.165) is 11.8 Å². The van der Waals surface area contributed by atoms with Crippen molar-refractivity contribution in [3.05, 3.63) is 57.8 Å². The van der Waals surface area contributed by atoms with E-state index < -0.39 is 11.3 Å². The molecule has 0 radical (unpaired) electrons. The maximum Gasteiger partial charge on any atom is 0.573 e. The molecule has 2 aromatic rings. The molecule has 1 aromatic carbocycles. The maximum atomic E-state index is 12.2. The summed E-state index contributed by atoms with van der Waals surface area (Å²) in [6.07, 6.45) is -3.58. The van der Waals surface area contributed by atoms with Gasteiger partial charge in [0.15, 0.2) is 0 Å².